The van der Waals surface area contributed by atoms with Crippen LogP contribution in [0.2, 0.25) is 0 Å². The summed E-state index contributed by atoms with van der Waals surface area (Å²) in [5.41, 5.74) is 5.74. The fourth-order valence-corrected chi connectivity index (χ4v) is 3.84. The Morgan fingerprint density at radius 1 is 0.700 bits per heavy atom. The lowest BCUT2D eigenvalue weighted by Gasteiger charge is -2.27. The molecule has 0 bridgehead atoms. The van der Waals surface area contributed by atoms with Crippen LogP contribution in [0, 0.1) is 0 Å². The van der Waals surface area contributed by atoms with Crippen molar-refractivity contribution in [1.82, 2.24) is 5.32 Å². The van der Waals surface area contributed by atoms with Crippen LogP contribution in [0.1, 0.15) is 49.3 Å². The van der Waals surface area contributed by atoms with Gasteiger partial charge in [-0.15, -0.1) is 0 Å². The lowest BCUT2D eigenvalue weighted by atomic mass is 9.93. The van der Waals surface area contributed by atoms with Gasteiger partial charge in [-0.3, -0.25) is 0 Å². The van der Waals surface area contributed by atoms with Crippen LogP contribution in [0.3, 0.4) is 0 Å². The molecule has 0 radical (unpaired) electrons. The van der Waals surface area contributed by atoms with Gasteiger partial charge in [-0.05, 0) is 35.1 Å². The number of fused-ring (bicyclic) bond motifs is 3. The van der Waals surface area contributed by atoms with Crippen molar-refractivity contribution in [3.8, 4) is 11.1 Å². The van der Waals surface area contributed by atoms with Gasteiger partial charge >= 0.3 is 0 Å². The van der Waals surface area contributed by atoms with Gasteiger partial charge in [0.15, 0.2) is 0 Å². The molecule has 0 heterocycles. The van der Waals surface area contributed by atoms with Gasteiger partial charge in [0.25, 0.3) is 0 Å². The Balaban J connectivity index is 1.71. The Morgan fingerprint density at radius 2 is 1.25 bits per heavy atom. The van der Waals surface area contributed by atoms with E-state index in [0.29, 0.717) is 12.1 Å². The van der Waals surface area contributed by atoms with Crippen molar-refractivity contribution in [2.75, 3.05) is 0 Å². The van der Waals surface area contributed by atoms with Crippen LogP contribution < -0.4 is 5.32 Å². The van der Waals surface area contributed by atoms with Gasteiger partial charge in [-0.25, -0.2) is 0 Å². The second-order valence-corrected chi connectivity index (χ2v) is 6.11. The zero-order valence-electron chi connectivity index (χ0n) is 11.8. The largest absolute Gasteiger partial charge is 0.303 e. The minimum absolute atomic E-state index is 0.394. The Hall–Kier alpha value is -1.60. The summed E-state index contributed by atoms with van der Waals surface area (Å²) in [7, 11) is 0. The predicted octanol–water partition coefficient (Wildman–Crippen LogP) is 4.68. The molecular weight excluding hydrogens is 242 g/mol. The van der Waals surface area contributed by atoms with Crippen LogP contribution in [0.4, 0.5) is 0 Å². The first-order valence-corrected chi connectivity index (χ1v) is 7.88. The fourth-order valence-electron chi connectivity index (χ4n) is 3.84. The van der Waals surface area contributed by atoms with Gasteiger partial charge in [0.1, 0.15) is 0 Å². The molecule has 1 saturated carbocycles. The van der Waals surface area contributed by atoms with Gasteiger partial charge in [-0.2, -0.15) is 0 Å². The van der Waals surface area contributed by atoms with E-state index in [9.17, 15) is 0 Å². The lowest BCUT2D eigenvalue weighted by molar-refractivity contribution is 0.356. The van der Waals surface area contributed by atoms with Crippen molar-refractivity contribution in [3.05, 3.63) is 59.7 Å². The molecule has 2 aliphatic carbocycles. The van der Waals surface area contributed by atoms with E-state index >= 15 is 0 Å². The van der Waals surface area contributed by atoms with E-state index in [1.54, 1.807) is 0 Å². The fraction of sp³-hybridized carbons (Fsp3) is 0.368. The lowest BCUT2D eigenvalue weighted by Crippen LogP contribution is -2.34. The molecule has 20 heavy (non-hydrogen) atoms. The highest BCUT2D eigenvalue weighted by Gasteiger charge is 2.29. The van der Waals surface area contributed by atoms with Gasteiger partial charge in [-0.1, -0.05) is 67.8 Å². The second-order valence-electron chi connectivity index (χ2n) is 6.11. The summed E-state index contributed by atoms with van der Waals surface area (Å²) in [6.45, 7) is 0. The van der Waals surface area contributed by atoms with E-state index in [1.807, 2.05) is 0 Å². The third kappa shape index (κ3) is 1.97. The van der Waals surface area contributed by atoms with Crippen LogP contribution in [-0.2, 0) is 0 Å². The average molecular weight is 263 g/mol. The van der Waals surface area contributed by atoms with Gasteiger partial charge in [0.2, 0.25) is 0 Å². The highest BCUT2D eigenvalue weighted by atomic mass is 15.0. The summed E-state index contributed by atoms with van der Waals surface area (Å²) >= 11 is 0. The quantitative estimate of drug-likeness (QED) is 0.829. The normalized spacial score (nSPS) is 18.8. The number of nitrogens with one attached hydrogen (secondary N) is 1. The molecule has 0 atom stereocenters. The summed E-state index contributed by atoms with van der Waals surface area (Å²) in [6, 6.07) is 18.8. The highest BCUT2D eigenvalue weighted by molar-refractivity contribution is 5.78. The third-order valence-electron chi connectivity index (χ3n) is 4.84. The summed E-state index contributed by atoms with van der Waals surface area (Å²) in [6.07, 6.45) is 6.85. The van der Waals surface area contributed by atoms with Crippen molar-refractivity contribution in [2.45, 2.75) is 44.2 Å². The maximum atomic E-state index is 3.93. The zero-order chi connectivity index (χ0) is 13.4. The third-order valence-corrected chi connectivity index (χ3v) is 4.84. The summed E-state index contributed by atoms with van der Waals surface area (Å²) in [4.78, 5) is 0. The van der Waals surface area contributed by atoms with Crippen molar-refractivity contribution in [3.63, 3.8) is 0 Å². The Bertz CT molecular complexity index is 565. The van der Waals surface area contributed by atoms with Crippen LogP contribution in [0.15, 0.2) is 48.5 Å². The monoisotopic (exact) mass is 263 g/mol. The van der Waals surface area contributed by atoms with E-state index in [2.05, 4.69) is 53.8 Å². The predicted molar refractivity (Wildman–Crippen MR) is 83.7 cm³/mol. The zero-order valence-corrected chi connectivity index (χ0v) is 11.8. The molecule has 1 N–H and O–H groups in total. The Morgan fingerprint density at radius 3 is 1.85 bits per heavy atom. The molecular formula is C19H21N. The number of hydrogen-bond acceptors (Lipinski definition) is 1. The van der Waals surface area contributed by atoms with Crippen LogP contribution in [-0.4, -0.2) is 6.04 Å². The number of hydrogen-bond donors (Lipinski definition) is 1. The van der Waals surface area contributed by atoms with Crippen LogP contribution in [0.25, 0.3) is 11.1 Å². The molecule has 1 nitrogen and oxygen atoms in total. The molecule has 1 fully saturated rings. The first-order valence-electron chi connectivity index (χ1n) is 7.88. The molecule has 0 aliphatic heterocycles. The molecule has 2 aromatic rings. The second kappa shape index (κ2) is 5.06. The average Bonchev–Trinajstić information content (AvgIpc) is 2.84. The molecule has 102 valence electrons. The van der Waals surface area contributed by atoms with Gasteiger partial charge in [0, 0.05) is 6.04 Å². The minimum Gasteiger partial charge on any atom is -0.303 e. The molecule has 4 rings (SSSR count). The number of benzene rings is 2. The van der Waals surface area contributed by atoms with Crippen molar-refractivity contribution < 1.29 is 0 Å². The van der Waals surface area contributed by atoms with Crippen molar-refractivity contribution in [1.29, 1.82) is 0 Å². The molecule has 0 amide bonds. The molecule has 0 spiro atoms. The van der Waals surface area contributed by atoms with Gasteiger partial charge in [0.05, 0.1) is 6.04 Å². The SMILES string of the molecule is c1ccc2c(c1)-c1ccccc1C2NC1CCCCC1. The molecule has 2 aromatic carbocycles. The van der Waals surface area contributed by atoms with E-state index in [4.69, 9.17) is 0 Å². The molecule has 0 aromatic heterocycles. The van der Waals surface area contributed by atoms with Gasteiger partial charge < -0.3 is 5.32 Å². The minimum atomic E-state index is 0.394. The van der Waals surface area contributed by atoms with Crippen LogP contribution >= 0.6 is 0 Å². The van der Waals surface area contributed by atoms with E-state index in [0.717, 1.165) is 0 Å². The van der Waals surface area contributed by atoms with E-state index < -0.39 is 0 Å². The standard InChI is InChI=1S/C19H21N/c1-2-8-14(9-3-1)20-19-17-12-6-4-10-15(17)16-11-5-7-13-18(16)19/h4-7,10-14,19-20H,1-3,8-9H2. The van der Waals surface area contributed by atoms with Crippen molar-refractivity contribution >= 4 is 0 Å². The first-order chi connectivity index (χ1) is 9.93. The summed E-state index contributed by atoms with van der Waals surface area (Å²) in [5.74, 6) is 0. The smallest absolute Gasteiger partial charge is 0.0591 e. The van der Waals surface area contributed by atoms with Crippen molar-refractivity contribution in [2.24, 2.45) is 0 Å². The summed E-state index contributed by atoms with van der Waals surface area (Å²) in [5, 5.41) is 3.93. The topological polar surface area (TPSA) is 12.0 Å². The Labute approximate surface area is 121 Å². The molecule has 0 unspecified atom stereocenters. The maximum absolute atomic E-state index is 3.93. The molecule has 0 saturated heterocycles. The first kappa shape index (κ1) is 12.2. The van der Waals surface area contributed by atoms with E-state index in [-0.39, 0.29) is 0 Å². The van der Waals surface area contributed by atoms with E-state index in [1.165, 1.54) is 54.4 Å². The molecule has 2 aliphatic rings. The maximum Gasteiger partial charge on any atom is 0.0591 e. The number of rotatable bonds is 2. The Kier molecular flexibility index (Phi) is 3.08. The van der Waals surface area contributed by atoms with Crippen LogP contribution in [0.5, 0.6) is 0 Å². The highest BCUT2D eigenvalue weighted by Crippen LogP contribution is 2.43. The summed E-state index contributed by atoms with van der Waals surface area (Å²) < 4.78 is 0. The molecule has 1 heteroatoms.